The summed E-state index contributed by atoms with van der Waals surface area (Å²) in [7, 11) is 0. The summed E-state index contributed by atoms with van der Waals surface area (Å²) in [6.07, 6.45) is 1.57. The summed E-state index contributed by atoms with van der Waals surface area (Å²) in [6, 6.07) is 10.1. The fourth-order valence-corrected chi connectivity index (χ4v) is 3.23. The minimum atomic E-state index is -0.612. The Morgan fingerprint density at radius 3 is 2.48 bits per heavy atom. The van der Waals surface area contributed by atoms with E-state index in [0.29, 0.717) is 13.2 Å². The third-order valence-corrected chi connectivity index (χ3v) is 4.81. The van der Waals surface area contributed by atoms with E-state index in [2.05, 4.69) is 26.0 Å². The zero-order valence-electron chi connectivity index (χ0n) is 14.7. The molecular weight excluding hydrogens is 292 g/mol. The van der Waals surface area contributed by atoms with Crippen LogP contribution in [-0.4, -0.2) is 36.3 Å². The number of rotatable bonds is 7. The third kappa shape index (κ3) is 4.77. The van der Waals surface area contributed by atoms with Crippen LogP contribution in [0.3, 0.4) is 0 Å². The van der Waals surface area contributed by atoms with Crippen LogP contribution in [0.15, 0.2) is 30.3 Å². The summed E-state index contributed by atoms with van der Waals surface area (Å²) >= 11 is 0. The van der Waals surface area contributed by atoms with E-state index in [0.717, 1.165) is 18.4 Å². The molecule has 1 aromatic carbocycles. The molecule has 4 nitrogen and oxygen atoms in total. The molecule has 1 aliphatic heterocycles. The average molecular weight is 322 g/mol. The predicted octanol–water partition coefficient (Wildman–Crippen LogP) is 3.52. The van der Waals surface area contributed by atoms with E-state index < -0.39 is 5.79 Å². The second-order valence-electron chi connectivity index (χ2n) is 7.10. The van der Waals surface area contributed by atoms with Crippen LogP contribution in [0.1, 0.15) is 46.1 Å². The summed E-state index contributed by atoms with van der Waals surface area (Å²) in [5.74, 6) is -0.612. The zero-order chi connectivity index (χ0) is 16.9. The Morgan fingerprint density at radius 2 is 1.83 bits per heavy atom. The van der Waals surface area contributed by atoms with Crippen molar-refractivity contribution in [1.82, 2.24) is 0 Å². The summed E-state index contributed by atoms with van der Waals surface area (Å²) < 4.78 is 18.1. The molecule has 1 fully saturated rings. The molecule has 0 bridgehead atoms. The standard InChI is InChI=1S/C19H30O4/c1-15-19(4,11-8-12-20)17(23-18(2,3)22-15)14-21-13-16-9-6-5-7-10-16/h5-7,9-10,15,17,20H,8,11-14H2,1-4H3/t15-,17+,19-/m1/s1. The number of aliphatic hydroxyl groups excluding tert-OH is 1. The second-order valence-corrected chi connectivity index (χ2v) is 7.10. The van der Waals surface area contributed by atoms with Gasteiger partial charge in [-0.15, -0.1) is 0 Å². The minimum Gasteiger partial charge on any atom is -0.396 e. The Balaban J connectivity index is 2.01. The van der Waals surface area contributed by atoms with Gasteiger partial charge in [0.25, 0.3) is 0 Å². The van der Waals surface area contributed by atoms with Gasteiger partial charge in [0.1, 0.15) is 0 Å². The largest absolute Gasteiger partial charge is 0.396 e. The summed E-state index contributed by atoms with van der Waals surface area (Å²) in [5, 5.41) is 9.20. The first-order valence-corrected chi connectivity index (χ1v) is 8.45. The molecule has 23 heavy (non-hydrogen) atoms. The van der Waals surface area contributed by atoms with Crippen LogP contribution < -0.4 is 0 Å². The van der Waals surface area contributed by atoms with E-state index in [1.54, 1.807) is 0 Å². The van der Waals surface area contributed by atoms with Gasteiger partial charge in [-0.25, -0.2) is 0 Å². The van der Waals surface area contributed by atoms with Crippen molar-refractivity contribution in [1.29, 1.82) is 0 Å². The molecule has 0 spiro atoms. The third-order valence-electron chi connectivity index (χ3n) is 4.81. The van der Waals surface area contributed by atoms with Gasteiger partial charge in [0.2, 0.25) is 0 Å². The Bertz CT molecular complexity index is 474. The molecule has 0 aliphatic carbocycles. The smallest absolute Gasteiger partial charge is 0.163 e. The molecule has 1 aliphatic rings. The van der Waals surface area contributed by atoms with Gasteiger partial charge in [0, 0.05) is 12.0 Å². The zero-order valence-corrected chi connectivity index (χ0v) is 14.7. The highest BCUT2D eigenvalue weighted by molar-refractivity contribution is 5.13. The van der Waals surface area contributed by atoms with Gasteiger partial charge in [-0.3, -0.25) is 0 Å². The molecule has 1 N–H and O–H groups in total. The molecular formula is C19H30O4. The Kier molecular flexibility index (Phi) is 6.20. The monoisotopic (exact) mass is 322 g/mol. The van der Waals surface area contributed by atoms with Gasteiger partial charge in [0.15, 0.2) is 5.79 Å². The van der Waals surface area contributed by atoms with Crippen molar-refractivity contribution >= 4 is 0 Å². The van der Waals surface area contributed by atoms with Crippen molar-refractivity contribution in [3.63, 3.8) is 0 Å². The van der Waals surface area contributed by atoms with E-state index in [-0.39, 0.29) is 24.2 Å². The number of ether oxygens (including phenoxy) is 3. The highest BCUT2D eigenvalue weighted by atomic mass is 16.7. The van der Waals surface area contributed by atoms with Crippen LogP contribution in [0.2, 0.25) is 0 Å². The first kappa shape index (κ1) is 18.4. The lowest BCUT2D eigenvalue weighted by Gasteiger charge is -2.51. The minimum absolute atomic E-state index is 0.0446. The molecule has 0 aromatic heterocycles. The maximum Gasteiger partial charge on any atom is 0.163 e. The van der Waals surface area contributed by atoms with Crippen molar-refractivity contribution in [2.45, 2.75) is 65.1 Å². The molecule has 1 aromatic rings. The van der Waals surface area contributed by atoms with Gasteiger partial charge in [-0.2, -0.15) is 0 Å². The summed E-state index contributed by atoms with van der Waals surface area (Å²) in [6.45, 7) is 9.42. The second kappa shape index (κ2) is 7.75. The summed E-state index contributed by atoms with van der Waals surface area (Å²) in [5.41, 5.74) is 0.985. The molecule has 3 atom stereocenters. The predicted molar refractivity (Wildman–Crippen MR) is 90.0 cm³/mol. The number of aliphatic hydroxyl groups is 1. The van der Waals surface area contributed by atoms with Crippen LogP contribution in [0.4, 0.5) is 0 Å². The van der Waals surface area contributed by atoms with Crippen molar-refractivity contribution < 1.29 is 19.3 Å². The maximum atomic E-state index is 9.20. The van der Waals surface area contributed by atoms with Crippen LogP contribution in [0.5, 0.6) is 0 Å². The van der Waals surface area contributed by atoms with Crippen molar-refractivity contribution in [3.8, 4) is 0 Å². The summed E-state index contributed by atoms with van der Waals surface area (Å²) in [4.78, 5) is 0. The first-order valence-electron chi connectivity index (χ1n) is 8.45. The quantitative estimate of drug-likeness (QED) is 0.834. The number of benzene rings is 1. The molecule has 4 heteroatoms. The molecule has 0 saturated carbocycles. The van der Waals surface area contributed by atoms with Crippen molar-refractivity contribution in [3.05, 3.63) is 35.9 Å². The molecule has 130 valence electrons. The lowest BCUT2D eigenvalue weighted by Crippen LogP contribution is -2.57. The molecule has 1 saturated heterocycles. The lowest BCUT2D eigenvalue weighted by atomic mass is 9.74. The van der Waals surface area contributed by atoms with E-state index in [4.69, 9.17) is 14.2 Å². The van der Waals surface area contributed by atoms with Crippen molar-refractivity contribution in [2.75, 3.05) is 13.2 Å². The highest BCUT2D eigenvalue weighted by Gasteiger charge is 2.49. The topological polar surface area (TPSA) is 47.9 Å². The van der Waals surface area contributed by atoms with Gasteiger partial charge in [0.05, 0.1) is 25.4 Å². The molecule has 0 unspecified atom stereocenters. The van der Waals surface area contributed by atoms with E-state index in [1.807, 2.05) is 32.0 Å². The molecule has 2 rings (SSSR count). The van der Waals surface area contributed by atoms with Crippen molar-refractivity contribution in [2.24, 2.45) is 5.41 Å². The van der Waals surface area contributed by atoms with E-state index >= 15 is 0 Å². The van der Waals surface area contributed by atoms with Gasteiger partial charge >= 0.3 is 0 Å². The number of hydrogen-bond donors (Lipinski definition) is 1. The Morgan fingerprint density at radius 1 is 1.13 bits per heavy atom. The van der Waals surface area contributed by atoms with Gasteiger partial charge in [-0.05, 0) is 39.2 Å². The fraction of sp³-hybridized carbons (Fsp3) is 0.684. The van der Waals surface area contributed by atoms with Gasteiger partial charge < -0.3 is 19.3 Å². The van der Waals surface area contributed by atoms with E-state index in [1.165, 1.54) is 0 Å². The Labute approximate surface area is 139 Å². The molecule has 0 amide bonds. The van der Waals surface area contributed by atoms with Crippen LogP contribution >= 0.6 is 0 Å². The van der Waals surface area contributed by atoms with E-state index in [9.17, 15) is 5.11 Å². The van der Waals surface area contributed by atoms with Crippen LogP contribution in [-0.2, 0) is 20.8 Å². The lowest BCUT2D eigenvalue weighted by molar-refractivity contribution is -0.348. The SMILES string of the molecule is C[C@H]1OC(C)(C)O[C@@H](COCc2ccccc2)[C@]1(C)CCCO. The van der Waals surface area contributed by atoms with Gasteiger partial charge in [-0.1, -0.05) is 37.3 Å². The maximum absolute atomic E-state index is 9.20. The fourth-order valence-electron chi connectivity index (χ4n) is 3.23. The first-order chi connectivity index (χ1) is 10.9. The average Bonchev–Trinajstić information content (AvgIpc) is 2.51. The van der Waals surface area contributed by atoms with Crippen LogP contribution in [0.25, 0.3) is 0 Å². The molecule has 1 heterocycles. The highest BCUT2D eigenvalue weighted by Crippen LogP contribution is 2.43. The Hall–Kier alpha value is -0.940. The number of hydrogen-bond acceptors (Lipinski definition) is 4. The van der Waals surface area contributed by atoms with Crippen LogP contribution in [0, 0.1) is 5.41 Å². The normalized spacial score (nSPS) is 30.3. The molecule has 0 radical (unpaired) electrons.